The van der Waals surface area contributed by atoms with E-state index < -0.39 is 27.8 Å². The first kappa shape index (κ1) is 18.8. The Labute approximate surface area is 158 Å². The average Bonchev–Trinajstić information content (AvgIpc) is 2.63. The SMILES string of the molecule is CC(=O)C1=C(OC(=O)c2ccccc2)c2ccccc2S(=O)(=O)N1C(C)C. The number of allylic oxidation sites excluding steroid dienone is 1. The molecule has 0 unspecified atom stereocenters. The van der Waals surface area contributed by atoms with Crippen molar-refractivity contribution in [3.05, 3.63) is 71.4 Å². The van der Waals surface area contributed by atoms with Crippen molar-refractivity contribution in [2.75, 3.05) is 0 Å². The molecule has 0 bridgehead atoms. The minimum atomic E-state index is -3.95. The molecule has 0 amide bonds. The van der Waals surface area contributed by atoms with Crippen molar-refractivity contribution in [3.63, 3.8) is 0 Å². The molecule has 0 spiro atoms. The average molecular weight is 385 g/mol. The Kier molecular flexibility index (Phi) is 4.89. The minimum absolute atomic E-state index is 0.000406. The molecule has 27 heavy (non-hydrogen) atoms. The maximum atomic E-state index is 13.1. The number of fused-ring (bicyclic) bond motifs is 1. The molecule has 0 aliphatic carbocycles. The first-order chi connectivity index (χ1) is 12.7. The van der Waals surface area contributed by atoms with Gasteiger partial charge in [-0.25, -0.2) is 13.2 Å². The molecule has 0 atom stereocenters. The highest BCUT2D eigenvalue weighted by molar-refractivity contribution is 7.89. The monoisotopic (exact) mass is 385 g/mol. The van der Waals surface area contributed by atoms with E-state index in [1.165, 1.54) is 19.1 Å². The van der Waals surface area contributed by atoms with E-state index >= 15 is 0 Å². The van der Waals surface area contributed by atoms with Crippen LogP contribution in [-0.4, -0.2) is 30.5 Å². The van der Waals surface area contributed by atoms with Crippen LogP contribution in [0.15, 0.2) is 65.2 Å². The van der Waals surface area contributed by atoms with Gasteiger partial charge >= 0.3 is 5.97 Å². The number of ketones is 1. The standard InChI is InChI=1S/C20H19NO5S/c1-13(2)21-18(14(3)22)19(26-20(23)15-9-5-4-6-10-15)16-11-7-8-12-17(16)27(21,24)25/h4-13H,1-3H3. The van der Waals surface area contributed by atoms with Gasteiger partial charge in [-0.2, -0.15) is 0 Å². The van der Waals surface area contributed by atoms with Crippen LogP contribution in [-0.2, 0) is 19.6 Å². The lowest BCUT2D eigenvalue weighted by Gasteiger charge is -2.34. The molecule has 0 aromatic heterocycles. The second kappa shape index (κ2) is 7.00. The molecule has 1 heterocycles. The Bertz CT molecular complexity index is 1040. The van der Waals surface area contributed by atoms with Crippen molar-refractivity contribution < 1.29 is 22.7 Å². The summed E-state index contributed by atoms with van der Waals surface area (Å²) in [5, 5.41) is 0. The molecule has 0 radical (unpaired) electrons. The Morgan fingerprint density at radius 2 is 1.56 bits per heavy atom. The summed E-state index contributed by atoms with van der Waals surface area (Å²) in [5.74, 6) is -1.21. The first-order valence-electron chi connectivity index (χ1n) is 8.41. The van der Waals surface area contributed by atoms with Gasteiger partial charge in [0.15, 0.2) is 11.5 Å². The van der Waals surface area contributed by atoms with Crippen LogP contribution in [0.25, 0.3) is 5.76 Å². The summed E-state index contributed by atoms with van der Waals surface area (Å²) in [6.45, 7) is 4.57. The third kappa shape index (κ3) is 3.26. The van der Waals surface area contributed by atoms with Gasteiger partial charge in [-0.15, -0.1) is 0 Å². The molecule has 0 fully saturated rings. The number of hydrogen-bond acceptors (Lipinski definition) is 5. The lowest BCUT2D eigenvalue weighted by atomic mass is 10.1. The van der Waals surface area contributed by atoms with Crippen LogP contribution < -0.4 is 0 Å². The van der Waals surface area contributed by atoms with Gasteiger partial charge in [0.25, 0.3) is 10.0 Å². The highest BCUT2D eigenvalue weighted by Gasteiger charge is 2.41. The minimum Gasteiger partial charge on any atom is -0.420 e. The Balaban J connectivity index is 2.24. The summed E-state index contributed by atoms with van der Waals surface area (Å²) in [6, 6.07) is 14.0. The molecule has 2 aromatic carbocycles. The fourth-order valence-electron chi connectivity index (χ4n) is 3.01. The van der Waals surface area contributed by atoms with Gasteiger partial charge in [-0.3, -0.25) is 9.10 Å². The Hall–Kier alpha value is -2.93. The maximum Gasteiger partial charge on any atom is 0.343 e. The van der Waals surface area contributed by atoms with Crippen molar-refractivity contribution in [2.24, 2.45) is 0 Å². The van der Waals surface area contributed by atoms with Gasteiger partial charge in [0.1, 0.15) is 5.70 Å². The Morgan fingerprint density at radius 1 is 0.963 bits per heavy atom. The number of carbonyl (C=O) groups is 2. The van der Waals surface area contributed by atoms with E-state index in [-0.39, 0.29) is 21.9 Å². The van der Waals surface area contributed by atoms with Crippen LogP contribution in [0.3, 0.4) is 0 Å². The predicted molar refractivity (Wildman–Crippen MR) is 100 cm³/mol. The molecular weight excluding hydrogens is 366 g/mol. The van der Waals surface area contributed by atoms with Crippen LogP contribution in [0.5, 0.6) is 0 Å². The van der Waals surface area contributed by atoms with Gasteiger partial charge in [0.2, 0.25) is 0 Å². The molecule has 3 rings (SSSR count). The molecular formula is C20H19NO5S. The van der Waals surface area contributed by atoms with Crippen LogP contribution in [0.4, 0.5) is 0 Å². The summed E-state index contributed by atoms with van der Waals surface area (Å²) in [6.07, 6.45) is 0. The summed E-state index contributed by atoms with van der Waals surface area (Å²) in [7, 11) is -3.95. The number of ether oxygens (including phenoxy) is 1. The molecule has 0 saturated carbocycles. The second-order valence-electron chi connectivity index (χ2n) is 6.38. The summed E-state index contributed by atoms with van der Waals surface area (Å²) < 4.78 is 32.7. The van der Waals surface area contributed by atoms with E-state index in [9.17, 15) is 18.0 Å². The molecule has 6 nitrogen and oxygen atoms in total. The fourth-order valence-corrected chi connectivity index (χ4v) is 4.92. The summed E-state index contributed by atoms with van der Waals surface area (Å²) in [5.41, 5.74) is 0.353. The number of hydrogen-bond donors (Lipinski definition) is 0. The highest BCUT2D eigenvalue weighted by Crippen LogP contribution is 2.39. The molecule has 0 saturated heterocycles. The van der Waals surface area contributed by atoms with E-state index in [1.54, 1.807) is 56.3 Å². The van der Waals surface area contributed by atoms with Crippen LogP contribution >= 0.6 is 0 Å². The first-order valence-corrected chi connectivity index (χ1v) is 9.85. The summed E-state index contributed by atoms with van der Waals surface area (Å²) in [4.78, 5) is 25.0. The number of sulfonamides is 1. The molecule has 7 heteroatoms. The maximum absolute atomic E-state index is 13.1. The number of esters is 1. The van der Waals surface area contributed by atoms with Crippen LogP contribution in [0.1, 0.15) is 36.7 Å². The number of nitrogens with zero attached hydrogens (tertiary/aromatic N) is 1. The largest absolute Gasteiger partial charge is 0.420 e. The van der Waals surface area contributed by atoms with E-state index in [4.69, 9.17) is 4.74 Å². The zero-order chi connectivity index (χ0) is 19.8. The predicted octanol–water partition coefficient (Wildman–Crippen LogP) is 3.21. The van der Waals surface area contributed by atoms with E-state index in [0.717, 1.165) is 4.31 Å². The smallest absolute Gasteiger partial charge is 0.343 e. The molecule has 140 valence electrons. The lowest BCUT2D eigenvalue weighted by molar-refractivity contribution is -0.114. The van der Waals surface area contributed by atoms with Crippen molar-refractivity contribution in [1.82, 2.24) is 4.31 Å². The van der Waals surface area contributed by atoms with E-state index in [0.29, 0.717) is 5.56 Å². The number of benzene rings is 2. The van der Waals surface area contributed by atoms with Crippen LogP contribution in [0.2, 0.25) is 0 Å². The van der Waals surface area contributed by atoms with Gasteiger partial charge in [0.05, 0.1) is 10.5 Å². The number of carbonyl (C=O) groups excluding carboxylic acids is 2. The van der Waals surface area contributed by atoms with E-state index in [2.05, 4.69) is 0 Å². The van der Waals surface area contributed by atoms with Crippen molar-refractivity contribution in [2.45, 2.75) is 31.7 Å². The third-order valence-electron chi connectivity index (χ3n) is 4.11. The number of Topliss-reactive ketones (excluding diaryl/α,β-unsaturated/α-hetero) is 1. The lowest BCUT2D eigenvalue weighted by Crippen LogP contribution is -2.42. The molecule has 2 aromatic rings. The van der Waals surface area contributed by atoms with Gasteiger partial charge < -0.3 is 4.74 Å². The van der Waals surface area contributed by atoms with Gasteiger partial charge in [0, 0.05) is 18.5 Å². The van der Waals surface area contributed by atoms with Crippen molar-refractivity contribution in [1.29, 1.82) is 0 Å². The zero-order valence-corrected chi connectivity index (χ0v) is 16.0. The van der Waals surface area contributed by atoms with Crippen LogP contribution in [0, 0.1) is 0 Å². The Morgan fingerprint density at radius 3 is 2.15 bits per heavy atom. The summed E-state index contributed by atoms with van der Waals surface area (Å²) >= 11 is 0. The normalized spacial score (nSPS) is 15.5. The van der Waals surface area contributed by atoms with Crippen molar-refractivity contribution >= 4 is 27.5 Å². The zero-order valence-electron chi connectivity index (χ0n) is 15.2. The molecule has 1 aliphatic rings. The second-order valence-corrected chi connectivity index (χ2v) is 8.16. The third-order valence-corrected chi connectivity index (χ3v) is 6.14. The van der Waals surface area contributed by atoms with Gasteiger partial charge in [-0.05, 0) is 38.1 Å². The molecule has 0 N–H and O–H groups in total. The molecule has 1 aliphatic heterocycles. The fraction of sp³-hybridized carbons (Fsp3) is 0.200. The number of rotatable bonds is 4. The van der Waals surface area contributed by atoms with Crippen molar-refractivity contribution in [3.8, 4) is 0 Å². The van der Waals surface area contributed by atoms with Gasteiger partial charge in [-0.1, -0.05) is 30.3 Å². The quantitative estimate of drug-likeness (QED) is 0.755. The highest BCUT2D eigenvalue weighted by atomic mass is 32.2. The topological polar surface area (TPSA) is 80.8 Å². The van der Waals surface area contributed by atoms with E-state index in [1.807, 2.05) is 0 Å².